The van der Waals surface area contributed by atoms with Gasteiger partial charge in [-0.2, -0.15) is 4.98 Å². The van der Waals surface area contributed by atoms with Crippen LogP contribution >= 0.6 is 0 Å². The normalized spacial score (nSPS) is 10.4. The molecule has 0 unspecified atom stereocenters. The van der Waals surface area contributed by atoms with Crippen LogP contribution in [0, 0.1) is 6.92 Å². The first kappa shape index (κ1) is 12.5. The Labute approximate surface area is 107 Å². The van der Waals surface area contributed by atoms with Gasteiger partial charge in [0, 0.05) is 18.2 Å². The molecule has 0 aliphatic heterocycles. The minimum atomic E-state index is 0.590. The standard InChI is InChI=1S/C14H17N3O/c1-4-6-13-16-12(9-14(17-13)18-3)11-8-5-7-10(2)15-11/h5,7-9H,4,6H2,1-3H3. The number of ether oxygens (including phenoxy) is 1. The second-order valence-corrected chi connectivity index (χ2v) is 4.13. The highest BCUT2D eigenvalue weighted by atomic mass is 16.5. The van der Waals surface area contributed by atoms with Gasteiger partial charge in [0.15, 0.2) is 0 Å². The van der Waals surface area contributed by atoms with Gasteiger partial charge in [-0.15, -0.1) is 0 Å². The number of methoxy groups -OCH3 is 1. The smallest absolute Gasteiger partial charge is 0.216 e. The highest BCUT2D eigenvalue weighted by molar-refractivity contribution is 5.55. The molecule has 2 rings (SSSR count). The maximum atomic E-state index is 5.21. The molecule has 0 radical (unpaired) electrons. The molecule has 2 heterocycles. The summed E-state index contributed by atoms with van der Waals surface area (Å²) in [5, 5.41) is 0. The summed E-state index contributed by atoms with van der Waals surface area (Å²) in [6, 6.07) is 7.71. The number of pyridine rings is 1. The van der Waals surface area contributed by atoms with Crippen molar-refractivity contribution in [1.29, 1.82) is 0 Å². The van der Waals surface area contributed by atoms with Gasteiger partial charge in [-0.25, -0.2) is 4.98 Å². The second kappa shape index (κ2) is 5.58. The summed E-state index contributed by atoms with van der Waals surface area (Å²) in [5.74, 6) is 1.39. The average molecular weight is 243 g/mol. The van der Waals surface area contributed by atoms with Crippen molar-refractivity contribution in [3.8, 4) is 17.3 Å². The summed E-state index contributed by atoms with van der Waals surface area (Å²) in [5.41, 5.74) is 2.64. The molecule has 2 aromatic heterocycles. The van der Waals surface area contributed by atoms with E-state index in [1.165, 1.54) is 0 Å². The number of aromatic nitrogens is 3. The lowest BCUT2D eigenvalue weighted by Gasteiger charge is -2.06. The number of aryl methyl sites for hydroxylation is 2. The van der Waals surface area contributed by atoms with Crippen molar-refractivity contribution >= 4 is 0 Å². The van der Waals surface area contributed by atoms with Gasteiger partial charge in [0.05, 0.1) is 18.5 Å². The second-order valence-electron chi connectivity index (χ2n) is 4.13. The van der Waals surface area contributed by atoms with Crippen LogP contribution in [0.5, 0.6) is 5.88 Å². The van der Waals surface area contributed by atoms with Gasteiger partial charge in [-0.3, -0.25) is 4.98 Å². The molecular formula is C14H17N3O. The molecular weight excluding hydrogens is 226 g/mol. The number of rotatable bonds is 4. The summed E-state index contributed by atoms with van der Waals surface area (Å²) in [7, 11) is 1.62. The molecule has 2 aromatic rings. The lowest BCUT2D eigenvalue weighted by atomic mass is 10.2. The fourth-order valence-corrected chi connectivity index (χ4v) is 1.73. The van der Waals surface area contributed by atoms with Crippen LogP contribution in [-0.4, -0.2) is 22.1 Å². The van der Waals surface area contributed by atoms with Crippen LogP contribution < -0.4 is 4.74 Å². The fraction of sp³-hybridized carbons (Fsp3) is 0.357. The fourth-order valence-electron chi connectivity index (χ4n) is 1.73. The van der Waals surface area contributed by atoms with Crippen molar-refractivity contribution in [2.24, 2.45) is 0 Å². The zero-order chi connectivity index (χ0) is 13.0. The van der Waals surface area contributed by atoms with Crippen molar-refractivity contribution in [3.05, 3.63) is 35.8 Å². The van der Waals surface area contributed by atoms with Gasteiger partial charge in [0.2, 0.25) is 5.88 Å². The Morgan fingerprint density at radius 2 is 1.94 bits per heavy atom. The molecule has 0 atom stereocenters. The maximum absolute atomic E-state index is 5.21. The van der Waals surface area contributed by atoms with E-state index in [1.54, 1.807) is 7.11 Å². The Balaban J connectivity index is 2.46. The summed E-state index contributed by atoms with van der Waals surface area (Å²) in [6.07, 6.45) is 1.85. The molecule has 0 aromatic carbocycles. The molecule has 4 nitrogen and oxygen atoms in total. The Morgan fingerprint density at radius 1 is 1.11 bits per heavy atom. The van der Waals surface area contributed by atoms with Crippen LogP contribution in [-0.2, 0) is 6.42 Å². The van der Waals surface area contributed by atoms with Crippen LogP contribution in [0.1, 0.15) is 24.9 Å². The van der Waals surface area contributed by atoms with Crippen LogP contribution in [0.4, 0.5) is 0 Å². The third-order valence-corrected chi connectivity index (χ3v) is 2.58. The molecule has 0 saturated heterocycles. The Kier molecular flexibility index (Phi) is 3.87. The molecule has 0 aliphatic rings. The molecule has 18 heavy (non-hydrogen) atoms. The Morgan fingerprint density at radius 3 is 2.61 bits per heavy atom. The summed E-state index contributed by atoms with van der Waals surface area (Å²) in [6.45, 7) is 4.07. The zero-order valence-corrected chi connectivity index (χ0v) is 11.0. The van der Waals surface area contributed by atoms with Crippen LogP contribution in [0.2, 0.25) is 0 Å². The van der Waals surface area contributed by atoms with E-state index < -0.39 is 0 Å². The molecule has 0 N–H and O–H groups in total. The molecule has 0 bridgehead atoms. The monoisotopic (exact) mass is 243 g/mol. The molecule has 0 aliphatic carbocycles. The first-order valence-corrected chi connectivity index (χ1v) is 6.09. The average Bonchev–Trinajstić information content (AvgIpc) is 2.39. The van der Waals surface area contributed by atoms with Gasteiger partial charge < -0.3 is 4.74 Å². The first-order valence-electron chi connectivity index (χ1n) is 6.09. The zero-order valence-electron chi connectivity index (χ0n) is 11.0. The van der Waals surface area contributed by atoms with Gasteiger partial charge in [-0.05, 0) is 25.5 Å². The highest BCUT2D eigenvalue weighted by Gasteiger charge is 2.07. The van der Waals surface area contributed by atoms with E-state index in [2.05, 4.69) is 21.9 Å². The Bertz CT molecular complexity index is 540. The lowest BCUT2D eigenvalue weighted by Crippen LogP contribution is -2.00. The van der Waals surface area contributed by atoms with Crippen LogP contribution in [0.3, 0.4) is 0 Å². The quantitative estimate of drug-likeness (QED) is 0.828. The van der Waals surface area contributed by atoms with E-state index in [1.807, 2.05) is 31.2 Å². The van der Waals surface area contributed by atoms with Crippen LogP contribution in [0.25, 0.3) is 11.4 Å². The molecule has 94 valence electrons. The first-order chi connectivity index (χ1) is 8.72. The minimum Gasteiger partial charge on any atom is -0.481 e. The molecule has 0 fully saturated rings. The number of hydrogen-bond acceptors (Lipinski definition) is 4. The van der Waals surface area contributed by atoms with Crippen molar-refractivity contribution in [3.63, 3.8) is 0 Å². The van der Waals surface area contributed by atoms with E-state index in [-0.39, 0.29) is 0 Å². The van der Waals surface area contributed by atoms with E-state index in [0.29, 0.717) is 5.88 Å². The van der Waals surface area contributed by atoms with Gasteiger partial charge in [-0.1, -0.05) is 13.0 Å². The minimum absolute atomic E-state index is 0.590. The van der Waals surface area contributed by atoms with Crippen molar-refractivity contribution in [2.45, 2.75) is 26.7 Å². The van der Waals surface area contributed by atoms with Crippen molar-refractivity contribution < 1.29 is 4.74 Å². The Hall–Kier alpha value is -1.97. The number of hydrogen-bond donors (Lipinski definition) is 0. The van der Waals surface area contributed by atoms with Crippen LogP contribution in [0.15, 0.2) is 24.3 Å². The van der Waals surface area contributed by atoms with E-state index in [0.717, 1.165) is 35.7 Å². The van der Waals surface area contributed by atoms with Crippen molar-refractivity contribution in [2.75, 3.05) is 7.11 Å². The largest absolute Gasteiger partial charge is 0.481 e. The number of nitrogens with zero attached hydrogens (tertiary/aromatic N) is 3. The predicted molar refractivity (Wildman–Crippen MR) is 70.5 cm³/mol. The molecule has 4 heteroatoms. The highest BCUT2D eigenvalue weighted by Crippen LogP contribution is 2.19. The lowest BCUT2D eigenvalue weighted by molar-refractivity contribution is 0.395. The van der Waals surface area contributed by atoms with Gasteiger partial charge in [0.1, 0.15) is 5.82 Å². The molecule has 0 saturated carbocycles. The van der Waals surface area contributed by atoms with E-state index in [9.17, 15) is 0 Å². The SMILES string of the molecule is CCCc1nc(OC)cc(-c2cccc(C)n2)n1. The van der Waals surface area contributed by atoms with E-state index >= 15 is 0 Å². The summed E-state index contributed by atoms with van der Waals surface area (Å²) < 4.78 is 5.21. The summed E-state index contributed by atoms with van der Waals surface area (Å²) in [4.78, 5) is 13.3. The molecule has 0 amide bonds. The summed E-state index contributed by atoms with van der Waals surface area (Å²) >= 11 is 0. The van der Waals surface area contributed by atoms with Gasteiger partial charge in [0.25, 0.3) is 0 Å². The third-order valence-electron chi connectivity index (χ3n) is 2.58. The van der Waals surface area contributed by atoms with Crippen molar-refractivity contribution in [1.82, 2.24) is 15.0 Å². The molecule has 0 spiro atoms. The van der Waals surface area contributed by atoms with E-state index in [4.69, 9.17) is 4.74 Å². The maximum Gasteiger partial charge on any atom is 0.216 e. The topological polar surface area (TPSA) is 47.9 Å². The third kappa shape index (κ3) is 2.83. The van der Waals surface area contributed by atoms with Gasteiger partial charge >= 0.3 is 0 Å². The predicted octanol–water partition coefficient (Wildman–Crippen LogP) is 2.81.